The number of benzene rings is 1. The molecule has 0 spiro atoms. The Bertz CT molecular complexity index is 583. The second-order valence-electron chi connectivity index (χ2n) is 4.87. The molecule has 1 atom stereocenters. The van der Waals surface area contributed by atoms with Gasteiger partial charge in [0.2, 0.25) is 0 Å². The first-order chi connectivity index (χ1) is 9.15. The zero-order chi connectivity index (χ0) is 13.4. The van der Waals surface area contributed by atoms with Gasteiger partial charge in [-0.15, -0.1) is 11.3 Å². The van der Waals surface area contributed by atoms with Crippen LogP contribution < -0.4 is 0 Å². The molecule has 2 aromatic rings. The standard InChI is InChI=1S/C15H14Cl2OS/c16-10-5-6-11(12(17)8-10)15(18)14-7-9-3-1-2-4-13(9)19-14/h5-8,15,18H,1-4H2. The van der Waals surface area contributed by atoms with E-state index in [9.17, 15) is 5.11 Å². The Morgan fingerprint density at radius 1 is 1.11 bits per heavy atom. The Morgan fingerprint density at radius 2 is 1.89 bits per heavy atom. The minimum Gasteiger partial charge on any atom is -0.383 e. The van der Waals surface area contributed by atoms with Crippen molar-refractivity contribution in [3.05, 3.63) is 55.2 Å². The largest absolute Gasteiger partial charge is 0.383 e. The van der Waals surface area contributed by atoms with Crippen LogP contribution in [-0.2, 0) is 12.8 Å². The van der Waals surface area contributed by atoms with Crippen LogP contribution >= 0.6 is 34.5 Å². The van der Waals surface area contributed by atoms with Crippen molar-refractivity contribution in [2.24, 2.45) is 0 Å². The molecule has 1 heterocycles. The summed E-state index contributed by atoms with van der Waals surface area (Å²) in [6, 6.07) is 7.37. The molecule has 0 saturated carbocycles. The number of rotatable bonds is 2. The quantitative estimate of drug-likeness (QED) is 0.826. The summed E-state index contributed by atoms with van der Waals surface area (Å²) in [6.45, 7) is 0. The van der Waals surface area contributed by atoms with E-state index in [4.69, 9.17) is 23.2 Å². The predicted molar refractivity (Wildman–Crippen MR) is 81.5 cm³/mol. The number of hydrogen-bond donors (Lipinski definition) is 1. The van der Waals surface area contributed by atoms with Gasteiger partial charge in [-0.1, -0.05) is 29.3 Å². The van der Waals surface area contributed by atoms with E-state index in [1.807, 2.05) is 0 Å². The van der Waals surface area contributed by atoms with E-state index in [0.717, 1.165) is 23.3 Å². The second-order valence-corrected chi connectivity index (χ2v) is 6.88. The topological polar surface area (TPSA) is 20.2 Å². The number of aliphatic hydroxyl groups is 1. The molecule has 100 valence electrons. The molecule has 4 heteroatoms. The zero-order valence-electron chi connectivity index (χ0n) is 10.3. The lowest BCUT2D eigenvalue weighted by Crippen LogP contribution is -1.98. The smallest absolute Gasteiger partial charge is 0.115 e. The van der Waals surface area contributed by atoms with E-state index in [1.165, 1.54) is 23.3 Å². The molecule has 0 aliphatic heterocycles. The van der Waals surface area contributed by atoms with E-state index in [1.54, 1.807) is 29.5 Å². The monoisotopic (exact) mass is 312 g/mol. The molecule has 0 amide bonds. The summed E-state index contributed by atoms with van der Waals surface area (Å²) in [5.74, 6) is 0. The minimum atomic E-state index is -0.652. The van der Waals surface area contributed by atoms with Crippen LogP contribution in [0.4, 0.5) is 0 Å². The highest BCUT2D eigenvalue weighted by Crippen LogP contribution is 2.37. The van der Waals surface area contributed by atoms with E-state index in [2.05, 4.69) is 6.07 Å². The SMILES string of the molecule is OC(c1cc2c(s1)CCCC2)c1ccc(Cl)cc1Cl. The minimum absolute atomic E-state index is 0.520. The van der Waals surface area contributed by atoms with Crippen LogP contribution in [0.25, 0.3) is 0 Å². The van der Waals surface area contributed by atoms with Gasteiger partial charge in [-0.05, 0) is 49.4 Å². The fourth-order valence-electron chi connectivity index (χ4n) is 2.52. The molecule has 1 nitrogen and oxygen atoms in total. The Balaban J connectivity index is 1.94. The summed E-state index contributed by atoms with van der Waals surface area (Å²) in [6.07, 6.45) is 4.13. The summed E-state index contributed by atoms with van der Waals surface area (Å²) in [4.78, 5) is 2.40. The van der Waals surface area contributed by atoms with Gasteiger partial charge >= 0.3 is 0 Å². The Hall–Kier alpha value is -0.540. The molecule has 1 aliphatic rings. The molecule has 0 bridgehead atoms. The van der Waals surface area contributed by atoms with Crippen LogP contribution in [0, 0.1) is 0 Å². The predicted octanol–water partition coefficient (Wildman–Crippen LogP) is 5.02. The Labute approximate surface area is 126 Å². The number of aliphatic hydroxyl groups excluding tert-OH is 1. The van der Waals surface area contributed by atoms with E-state index in [0.29, 0.717) is 10.0 Å². The summed E-state index contributed by atoms with van der Waals surface area (Å²) >= 11 is 13.8. The number of aryl methyl sites for hydroxylation is 2. The highest BCUT2D eigenvalue weighted by atomic mass is 35.5. The Kier molecular flexibility index (Phi) is 3.86. The molecule has 3 rings (SSSR count). The van der Waals surface area contributed by atoms with Gasteiger partial charge in [0.05, 0.1) is 0 Å². The first-order valence-corrected chi connectivity index (χ1v) is 7.97. The highest BCUT2D eigenvalue weighted by molar-refractivity contribution is 7.12. The maximum absolute atomic E-state index is 10.5. The molecule has 1 N–H and O–H groups in total. The first-order valence-electron chi connectivity index (χ1n) is 6.39. The maximum atomic E-state index is 10.5. The van der Waals surface area contributed by atoms with Crippen LogP contribution in [0.2, 0.25) is 10.0 Å². The molecule has 1 aromatic heterocycles. The average Bonchev–Trinajstić information content (AvgIpc) is 2.81. The lowest BCUT2D eigenvalue weighted by Gasteiger charge is -2.11. The van der Waals surface area contributed by atoms with Crippen molar-refractivity contribution in [2.45, 2.75) is 31.8 Å². The van der Waals surface area contributed by atoms with E-state index in [-0.39, 0.29) is 0 Å². The van der Waals surface area contributed by atoms with Gasteiger partial charge in [0, 0.05) is 25.4 Å². The molecule has 19 heavy (non-hydrogen) atoms. The van der Waals surface area contributed by atoms with Gasteiger partial charge in [0.15, 0.2) is 0 Å². The van der Waals surface area contributed by atoms with Gasteiger partial charge < -0.3 is 5.11 Å². The lowest BCUT2D eigenvalue weighted by molar-refractivity contribution is 0.224. The van der Waals surface area contributed by atoms with Crippen LogP contribution in [-0.4, -0.2) is 5.11 Å². The van der Waals surface area contributed by atoms with Crippen molar-refractivity contribution in [1.82, 2.24) is 0 Å². The van der Waals surface area contributed by atoms with Gasteiger partial charge in [-0.25, -0.2) is 0 Å². The van der Waals surface area contributed by atoms with Gasteiger partial charge in [-0.3, -0.25) is 0 Å². The summed E-state index contributed by atoms with van der Waals surface area (Å²) in [5, 5.41) is 11.6. The fraction of sp³-hybridized carbons (Fsp3) is 0.333. The van der Waals surface area contributed by atoms with Crippen LogP contribution in [0.15, 0.2) is 24.3 Å². The van der Waals surface area contributed by atoms with Crippen molar-refractivity contribution < 1.29 is 5.11 Å². The first kappa shape index (κ1) is 13.4. The van der Waals surface area contributed by atoms with Crippen LogP contribution in [0.1, 0.15) is 39.8 Å². The fourth-order valence-corrected chi connectivity index (χ4v) is 4.30. The van der Waals surface area contributed by atoms with Gasteiger partial charge in [-0.2, -0.15) is 0 Å². The zero-order valence-corrected chi connectivity index (χ0v) is 12.7. The number of thiophene rings is 1. The summed E-state index contributed by atoms with van der Waals surface area (Å²) in [7, 11) is 0. The molecule has 1 aliphatic carbocycles. The third-order valence-corrected chi connectivity index (χ3v) is 5.39. The van der Waals surface area contributed by atoms with Crippen molar-refractivity contribution >= 4 is 34.5 Å². The molecule has 0 saturated heterocycles. The third kappa shape index (κ3) is 2.68. The maximum Gasteiger partial charge on any atom is 0.115 e. The van der Waals surface area contributed by atoms with Crippen LogP contribution in [0.3, 0.4) is 0 Å². The van der Waals surface area contributed by atoms with Crippen molar-refractivity contribution in [2.75, 3.05) is 0 Å². The normalized spacial score (nSPS) is 16.2. The highest BCUT2D eigenvalue weighted by Gasteiger charge is 2.20. The summed E-state index contributed by atoms with van der Waals surface area (Å²) in [5.41, 5.74) is 2.13. The van der Waals surface area contributed by atoms with Crippen LogP contribution in [0.5, 0.6) is 0 Å². The van der Waals surface area contributed by atoms with Crippen molar-refractivity contribution in [1.29, 1.82) is 0 Å². The van der Waals surface area contributed by atoms with Gasteiger partial charge in [0.25, 0.3) is 0 Å². The lowest BCUT2D eigenvalue weighted by atomic mass is 9.98. The molecule has 0 fully saturated rings. The summed E-state index contributed by atoms with van der Waals surface area (Å²) < 4.78 is 0. The molecular formula is C15H14Cl2OS. The van der Waals surface area contributed by atoms with E-state index >= 15 is 0 Å². The van der Waals surface area contributed by atoms with E-state index < -0.39 is 6.10 Å². The Morgan fingerprint density at radius 3 is 2.63 bits per heavy atom. The molecular weight excluding hydrogens is 299 g/mol. The number of fused-ring (bicyclic) bond motifs is 1. The number of halogens is 2. The molecule has 1 unspecified atom stereocenters. The number of hydrogen-bond acceptors (Lipinski definition) is 2. The average molecular weight is 313 g/mol. The van der Waals surface area contributed by atoms with Crippen molar-refractivity contribution in [3.8, 4) is 0 Å². The third-order valence-electron chi connectivity index (χ3n) is 3.54. The van der Waals surface area contributed by atoms with Gasteiger partial charge in [0.1, 0.15) is 6.10 Å². The molecule has 1 aromatic carbocycles. The second kappa shape index (κ2) is 5.45. The van der Waals surface area contributed by atoms with Crippen molar-refractivity contribution in [3.63, 3.8) is 0 Å². The molecule has 0 radical (unpaired) electrons.